The number of hydrogen-bond acceptors (Lipinski definition) is 4. The standard InChI is InChI=1S/C11H16ClN3O2/c1-7-5-8(12)14-10(13-7)15-9(16)6-11(2,3)17-4/h5H,6H2,1-4H3,(H,13,14,15,16). The lowest BCUT2D eigenvalue weighted by atomic mass is 10.1. The van der Waals surface area contributed by atoms with E-state index in [1.807, 2.05) is 13.8 Å². The number of carbonyl (C=O) groups is 1. The predicted molar refractivity (Wildman–Crippen MR) is 66.1 cm³/mol. The fourth-order valence-corrected chi connectivity index (χ4v) is 1.45. The van der Waals surface area contributed by atoms with Crippen LogP contribution in [0.1, 0.15) is 26.0 Å². The number of halogens is 1. The van der Waals surface area contributed by atoms with Crippen LogP contribution >= 0.6 is 11.6 Å². The maximum Gasteiger partial charge on any atom is 0.231 e. The highest BCUT2D eigenvalue weighted by atomic mass is 35.5. The molecular formula is C11H16ClN3O2. The molecule has 0 atom stereocenters. The quantitative estimate of drug-likeness (QED) is 0.840. The zero-order valence-electron chi connectivity index (χ0n) is 10.4. The van der Waals surface area contributed by atoms with Crippen molar-refractivity contribution in [3.8, 4) is 0 Å². The van der Waals surface area contributed by atoms with E-state index in [1.165, 1.54) is 0 Å². The van der Waals surface area contributed by atoms with Gasteiger partial charge >= 0.3 is 0 Å². The highest BCUT2D eigenvalue weighted by Gasteiger charge is 2.21. The molecule has 0 bridgehead atoms. The van der Waals surface area contributed by atoms with Gasteiger partial charge in [0.25, 0.3) is 0 Å². The first-order valence-electron chi connectivity index (χ1n) is 5.18. The van der Waals surface area contributed by atoms with Gasteiger partial charge in [-0.1, -0.05) is 11.6 Å². The summed E-state index contributed by atoms with van der Waals surface area (Å²) in [6.07, 6.45) is 0.221. The van der Waals surface area contributed by atoms with Gasteiger partial charge in [-0.25, -0.2) is 9.97 Å². The van der Waals surface area contributed by atoms with Crippen molar-refractivity contribution in [2.45, 2.75) is 32.8 Å². The Bertz CT molecular complexity index is 401. The van der Waals surface area contributed by atoms with Gasteiger partial charge in [0.15, 0.2) is 0 Å². The van der Waals surface area contributed by atoms with Crippen LogP contribution in [0.25, 0.3) is 0 Å². The molecule has 1 heterocycles. The first kappa shape index (κ1) is 13.9. The van der Waals surface area contributed by atoms with E-state index in [2.05, 4.69) is 15.3 Å². The molecule has 0 aromatic carbocycles. The van der Waals surface area contributed by atoms with E-state index >= 15 is 0 Å². The van der Waals surface area contributed by atoms with E-state index in [9.17, 15) is 4.79 Å². The zero-order chi connectivity index (χ0) is 13.1. The van der Waals surface area contributed by atoms with Crippen LogP contribution in [0.2, 0.25) is 5.15 Å². The minimum absolute atomic E-state index is 0.210. The molecule has 5 nitrogen and oxygen atoms in total. The van der Waals surface area contributed by atoms with E-state index < -0.39 is 5.60 Å². The Morgan fingerprint density at radius 1 is 1.53 bits per heavy atom. The lowest BCUT2D eigenvalue weighted by Crippen LogP contribution is -2.30. The second kappa shape index (κ2) is 5.42. The minimum Gasteiger partial charge on any atom is -0.378 e. The van der Waals surface area contributed by atoms with Crippen LogP contribution in [0.3, 0.4) is 0 Å². The maximum atomic E-state index is 11.7. The van der Waals surface area contributed by atoms with Crippen molar-refractivity contribution in [2.75, 3.05) is 12.4 Å². The van der Waals surface area contributed by atoms with E-state index in [1.54, 1.807) is 20.1 Å². The largest absolute Gasteiger partial charge is 0.378 e. The number of aromatic nitrogens is 2. The van der Waals surface area contributed by atoms with E-state index in [0.29, 0.717) is 10.8 Å². The predicted octanol–water partition coefficient (Wildman–Crippen LogP) is 2.19. The van der Waals surface area contributed by atoms with Gasteiger partial charge in [-0.05, 0) is 26.8 Å². The molecule has 0 unspecified atom stereocenters. The molecular weight excluding hydrogens is 242 g/mol. The van der Waals surface area contributed by atoms with Crippen molar-refractivity contribution < 1.29 is 9.53 Å². The average Bonchev–Trinajstić information content (AvgIpc) is 2.14. The number of amides is 1. The highest BCUT2D eigenvalue weighted by molar-refractivity contribution is 6.29. The molecule has 94 valence electrons. The maximum absolute atomic E-state index is 11.7. The van der Waals surface area contributed by atoms with Gasteiger partial charge in [0.1, 0.15) is 5.15 Å². The molecule has 0 fully saturated rings. The Balaban J connectivity index is 2.68. The SMILES string of the molecule is COC(C)(C)CC(=O)Nc1nc(C)cc(Cl)n1. The van der Waals surface area contributed by atoms with Crippen LogP contribution in [-0.2, 0) is 9.53 Å². The third kappa shape index (κ3) is 4.66. The molecule has 0 saturated heterocycles. The number of nitrogens with one attached hydrogen (secondary N) is 1. The molecule has 1 rings (SSSR count). The van der Waals surface area contributed by atoms with Gasteiger partial charge in [-0.3, -0.25) is 10.1 Å². The molecule has 17 heavy (non-hydrogen) atoms. The first-order valence-corrected chi connectivity index (χ1v) is 5.56. The Labute approximate surface area is 106 Å². The van der Waals surface area contributed by atoms with Crippen molar-refractivity contribution in [1.29, 1.82) is 0 Å². The van der Waals surface area contributed by atoms with Crippen LogP contribution in [0, 0.1) is 6.92 Å². The van der Waals surface area contributed by atoms with Crippen molar-refractivity contribution in [2.24, 2.45) is 0 Å². The Kier molecular flexibility index (Phi) is 4.42. The Morgan fingerprint density at radius 3 is 2.71 bits per heavy atom. The highest BCUT2D eigenvalue weighted by Crippen LogP contribution is 2.15. The van der Waals surface area contributed by atoms with Crippen LogP contribution in [0.15, 0.2) is 6.07 Å². The van der Waals surface area contributed by atoms with E-state index in [-0.39, 0.29) is 18.3 Å². The number of rotatable bonds is 4. The van der Waals surface area contributed by atoms with Crippen LogP contribution in [0.4, 0.5) is 5.95 Å². The molecule has 1 N–H and O–H groups in total. The fraction of sp³-hybridized carbons (Fsp3) is 0.545. The van der Waals surface area contributed by atoms with Crippen LogP contribution in [0.5, 0.6) is 0 Å². The Morgan fingerprint density at radius 2 is 2.18 bits per heavy atom. The van der Waals surface area contributed by atoms with E-state index in [0.717, 1.165) is 0 Å². The van der Waals surface area contributed by atoms with Gasteiger partial charge in [-0.15, -0.1) is 0 Å². The molecule has 0 aliphatic heterocycles. The van der Waals surface area contributed by atoms with Crippen LogP contribution in [-0.4, -0.2) is 28.6 Å². The molecule has 0 radical (unpaired) electrons. The number of methoxy groups -OCH3 is 1. The summed E-state index contributed by atoms with van der Waals surface area (Å²) in [7, 11) is 1.56. The molecule has 0 saturated carbocycles. The van der Waals surface area contributed by atoms with E-state index in [4.69, 9.17) is 16.3 Å². The molecule has 1 aromatic rings. The summed E-state index contributed by atoms with van der Waals surface area (Å²) in [5.41, 5.74) is 0.184. The number of anilines is 1. The summed E-state index contributed by atoms with van der Waals surface area (Å²) in [5.74, 6) is 0.00502. The van der Waals surface area contributed by atoms with Gasteiger partial charge in [0, 0.05) is 12.8 Å². The summed E-state index contributed by atoms with van der Waals surface area (Å²) in [5, 5.41) is 2.89. The van der Waals surface area contributed by atoms with Crippen molar-refractivity contribution in [3.05, 3.63) is 16.9 Å². The van der Waals surface area contributed by atoms with Crippen LogP contribution < -0.4 is 5.32 Å². The fourth-order valence-electron chi connectivity index (χ4n) is 1.21. The van der Waals surface area contributed by atoms with Gasteiger partial charge in [-0.2, -0.15) is 0 Å². The first-order chi connectivity index (χ1) is 7.82. The molecule has 0 aliphatic rings. The number of carbonyl (C=O) groups excluding carboxylic acids is 1. The second-order valence-electron chi connectivity index (χ2n) is 4.34. The lowest BCUT2D eigenvalue weighted by molar-refractivity contribution is -0.121. The van der Waals surface area contributed by atoms with Crippen molar-refractivity contribution >= 4 is 23.5 Å². The number of aryl methyl sites for hydroxylation is 1. The number of ether oxygens (including phenoxy) is 1. The smallest absolute Gasteiger partial charge is 0.231 e. The molecule has 0 aliphatic carbocycles. The molecule has 6 heteroatoms. The second-order valence-corrected chi connectivity index (χ2v) is 4.73. The lowest BCUT2D eigenvalue weighted by Gasteiger charge is -2.21. The third-order valence-corrected chi connectivity index (χ3v) is 2.41. The summed E-state index contributed by atoms with van der Waals surface area (Å²) in [6.45, 7) is 5.44. The summed E-state index contributed by atoms with van der Waals surface area (Å²) >= 11 is 5.77. The van der Waals surface area contributed by atoms with Gasteiger partial charge in [0.05, 0.1) is 12.0 Å². The third-order valence-electron chi connectivity index (χ3n) is 2.21. The molecule has 0 spiro atoms. The number of nitrogens with zero attached hydrogens (tertiary/aromatic N) is 2. The zero-order valence-corrected chi connectivity index (χ0v) is 11.1. The molecule has 1 amide bonds. The van der Waals surface area contributed by atoms with Crippen molar-refractivity contribution in [1.82, 2.24) is 9.97 Å². The summed E-state index contributed by atoms with van der Waals surface area (Å²) < 4.78 is 5.17. The minimum atomic E-state index is -0.516. The van der Waals surface area contributed by atoms with Gasteiger partial charge in [0.2, 0.25) is 11.9 Å². The summed E-state index contributed by atoms with van der Waals surface area (Å²) in [6, 6.07) is 1.62. The topological polar surface area (TPSA) is 64.1 Å². The summed E-state index contributed by atoms with van der Waals surface area (Å²) in [4.78, 5) is 19.7. The van der Waals surface area contributed by atoms with Crippen molar-refractivity contribution in [3.63, 3.8) is 0 Å². The number of hydrogen-bond donors (Lipinski definition) is 1. The average molecular weight is 258 g/mol. The van der Waals surface area contributed by atoms with Gasteiger partial charge < -0.3 is 4.74 Å². The Hall–Kier alpha value is -1.20. The normalized spacial score (nSPS) is 11.4. The molecule has 1 aromatic heterocycles. The monoisotopic (exact) mass is 257 g/mol.